The van der Waals surface area contributed by atoms with Gasteiger partial charge in [0.1, 0.15) is 11.2 Å². The Morgan fingerprint density at radius 1 is 0.590 bits per heavy atom. The van der Waals surface area contributed by atoms with E-state index in [4.69, 9.17) is 9.90 Å². The van der Waals surface area contributed by atoms with Crippen molar-refractivity contribution in [1.82, 2.24) is 0 Å². The van der Waals surface area contributed by atoms with Crippen molar-refractivity contribution in [2.45, 2.75) is 12.8 Å². The van der Waals surface area contributed by atoms with Gasteiger partial charge < -0.3 is 4.42 Å². The van der Waals surface area contributed by atoms with Gasteiger partial charge in [-0.2, -0.15) is 0 Å². The standard InChI is InChI=1S/C38H26O/c1-2-11-25(12-3-1)26-21-23-27(24-22-26)36-28-13-4-6-15-30(28)37(31-16-7-5-14-29(31)36)33-18-10-20-35-38(33)32-17-8-9-19-34(32)39-35/h1-2,4-11,13-24H,3,12H2/i4D,5D,6D,7D,13D,14D,15D,16D. The highest BCUT2D eigenvalue weighted by Gasteiger charge is 2.20. The van der Waals surface area contributed by atoms with Crippen LogP contribution in [0.15, 0.2) is 138 Å². The lowest BCUT2D eigenvalue weighted by Gasteiger charge is -2.18. The molecule has 1 nitrogen and oxygen atoms in total. The van der Waals surface area contributed by atoms with Crippen LogP contribution in [0, 0.1) is 0 Å². The van der Waals surface area contributed by atoms with Crippen LogP contribution in [0.25, 0.3) is 71.3 Å². The first kappa shape index (κ1) is 15.5. The van der Waals surface area contributed by atoms with Crippen LogP contribution in [0.4, 0.5) is 0 Å². The van der Waals surface area contributed by atoms with Crippen LogP contribution in [-0.2, 0) is 0 Å². The molecule has 1 heteroatoms. The molecular formula is C38H26O. The second kappa shape index (κ2) is 8.85. The zero-order chi connectivity index (χ0) is 32.7. The van der Waals surface area contributed by atoms with Gasteiger partial charge in [0.25, 0.3) is 0 Å². The molecular weight excluding hydrogens is 472 g/mol. The Balaban J connectivity index is 1.62. The molecule has 1 aliphatic carbocycles. The van der Waals surface area contributed by atoms with Crippen molar-refractivity contribution in [2.24, 2.45) is 0 Å². The lowest BCUT2D eigenvalue weighted by molar-refractivity contribution is 0.669. The van der Waals surface area contributed by atoms with Crippen molar-refractivity contribution in [2.75, 3.05) is 0 Å². The molecule has 0 amide bonds. The summed E-state index contributed by atoms with van der Waals surface area (Å²) in [5.41, 5.74) is 5.17. The molecule has 8 rings (SSSR count). The van der Waals surface area contributed by atoms with Crippen molar-refractivity contribution in [1.29, 1.82) is 0 Å². The normalized spacial score (nSPS) is 16.4. The first-order chi connectivity index (χ1) is 22.7. The Bertz CT molecular complexity index is 2460. The third-order valence-electron chi connectivity index (χ3n) is 7.61. The summed E-state index contributed by atoms with van der Waals surface area (Å²) in [6.45, 7) is 0. The number of rotatable bonds is 3. The molecule has 0 unspecified atom stereocenters. The summed E-state index contributed by atoms with van der Waals surface area (Å²) in [5, 5.41) is 2.24. The number of hydrogen-bond acceptors (Lipinski definition) is 1. The predicted molar refractivity (Wildman–Crippen MR) is 166 cm³/mol. The van der Waals surface area contributed by atoms with E-state index >= 15 is 0 Å². The van der Waals surface area contributed by atoms with Gasteiger partial charge in [-0.3, -0.25) is 0 Å². The Kier molecular flexibility index (Phi) is 3.52. The summed E-state index contributed by atoms with van der Waals surface area (Å²) in [6.07, 6.45) is 8.06. The van der Waals surface area contributed by atoms with Crippen LogP contribution < -0.4 is 0 Å². The largest absolute Gasteiger partial charge is 0.456 e. The number of benzene rings is 6. The van der Waals surface area contributed by atoms with E-state index in [0.29, 0.717) is 38.8 Å². The number of para-hydroxylation sites is 1. The molecule has 0 radical (unpaired) electrons. The lowest BCUT2D eigenvalue weighted by Crippen LogP contribution is -1.92. The smallest absolute Gasteiger partial charge is 0.136 e. The van der Waals surface area contributed by atoms with E-state index < -0.39 is 24.2 Å². The van der Waals surface area contributed by atoms with Gasteiger partial charge in [-0.05, 0) is 79.9 Å². The molecule has 0 saturated carbocycles. The van der Waals surface area contributed by atoms with Crippen molar-refractivity contribution in [3.63, 3.8) is 0 Å². The molecule has 0 bridgehead atoms. The van der Waals surface area contributed by atoms with Gasteiger partial charge in [0.2, 0.25) is 0 Å². The molecule has 184 valence electrons. The summed E-state index contributed by atoms with van der Waals surface area (Å²) in [5.74, 6) is 0. The van der Waals surface area contributed by atoms with Crippen LogP contribution in [0.3, 0.4) is 0 Å². The minimum absolute atomic E-state index is 0.186. The molecule has 1 aliphatic rings. The summed E-state index contributed by atoms with van der Waals surface area (Å²) < 4.78 is 77.9. The third kappa shape index (κ3) is 3.47. The average molecular weight is 507 g/mol. The van der Waals surface area contributed by atoms with Gasteiger partial charge in [-0.1, -0.05) is 121 Å². The van der Waals surface area contributed by atoms with E-state index in [1.165, 1.54) is 5.57 Å². The molecule has 39 heavy (non-hydrogen) atoms. The number of fused-ring (bicyclic) bond motifs is 5. The highest BCUT2D eigenvalue weighted by Crippen LogP contribution is 2.46. The Hall–Kier alpha value is -4.88. The monoisotopic (exact) mass is 506 g/mol. The van der Waals surface area contributed by atoms with Crippen molar-refractivity contribution in [3.8, 4) is 22.3 Å². The molecule has 0 fully saturated rings. The van der Waals surface area contributed by atoms with E-state index in [1.807, 2.05) is 66.7 Å². The Morgan fingerprint density at radius 3 is 1.92 bits per heavy atom. The summed E-state index contributed by atoms with van der Waals surface area (Å²) in [6, 6.07) is 17.8. The molecule has 1 aromatic heterocycles. The molecule has 0 spiro atoms. The van der Waals surface area contributed by atoms with Gasteiger partial charge in [0.05, 0.1) is 11.0 Å². The molecule has 0 aliphatic heterocycles. The number of furan rings is 1. The minimum atomic E-state index is -0.424. The average Bonchev–Trinajstić information content (AvgIpc) is 3.49. The van der Waals surface area contributed by atoms with Gasteiger partial charge in [0, 0.05) is 10.8 Å². The molecule has 0 N–H and O–H groups in total. The van der Waals surface area contributed by atoms with Gasteiger partial charge in [-0.25, -0.2) is 0 Å². The lowest BCUT2D eigenvalue weighted by atomic mass is 9.84. The predicted octanol–water partition coefficient (Wildman–Crippen LogP) is 11.0. The van der Waals surface area contributed by atoms with E-state index in [0.717, 1.165) is 23.8 Å². The molecule has 1 heterocycles. The SMILES string of the molecule is [2H]c1c([2H])c([2H])c2c(-c3cccc4oc5ccccc5c34)c3c([2H])c([2H])c([2H])c([2H])c3c(-c3ccc(C4=CC=CCC4)cc3)c2c1[2H]. The Morgan fingerprint density at radius 2 is 1.23 bits per heavy atom. The van der Waals surface area contributed by atoms with Crippen LogP contribution in [0.2, 0.25) is 0 Å². The van der Waals surface area contributed by atoms with Crippen LogP contribution in [0.1, 0.15) is 29.4 Å². The summed E-state index contributed by atoms with van der Waals surface area (Å²) in [7, 11) is 0. The van der Waals surface area contributed by atoms with Crippen LogP contribution in [-0.4, -0.2) is 0 Å². The molecule has 0 saturated heterocycles. The minimum Gasteiger partial charge on any atom is -0.456 e. The fourth-order valence-corrected chi connectivity index (χ4v) is 5.86. The maximum Gasteiger partial charge on any atom is 0.136 e. The topological polar surface area (TPSA) is 13.1 Å². The van der Waals surface area contributed by atoms with E-state index in [2.05, 4.69) is 12.2 Å². The van der Waals surface area contributed by atoms with Crippen molar-refractivity contribution in [3.05, 3.63) is 139 Å². The second-order valence-electron chi connectivity index (χ2n) is 9.76. The fourth-order valence-electron chi connectivity index (χ4n) is 5.86. The van der Waals surface area contributed by atoms with Crippen LogP contribution >= 0.6 is 0 Å². The van der Waals surface area contributed by atoms with E-state index in [-0.39, 0.29) is 45.7 Å². The maximum absolute atomic E-state index is 9.25. The quantitative estimate of drug-likeness (QED) is 0.217. The van der Waals surface area contributed by atoms with E-state index in [1.54, 1.807) is 6.07 Å². The number of allylic oxidation sites excluding steroid dienone is 4. The van der Waals surface area contributed by atoms with E-state index in [9.17, 15) is 5.48 Å². The van der Waals surface area contributed by atoms with Crippen molar-refractivity contribution >= 4 is 49.1 Å². The molecule has 7 aromatic rings. The number of hydrogen-bond donors (Lipinski definition) is 0. The molecule has 6 aromatic carbocycles. The first-order valence-electron chi connectivity index (χ1n) is 17.0. The highest BCUT2D eigenvalue weighted by molar-refractivity contribution is 6.25. The second-order valence-corrected chi connectivity index (χ2v) is 9.76. The highest BCUT2D eigenvalue weighted by atomic mass is 16.3. The summed E-state index contributed by atoms with van der Waals surface area (Å²) in [4.78, 5) is 0. The van der Waals surface area contributed by atoms with Crippen molar-refractivity contribution < 1.29 is 15.4 Å². The maximum atomic E-state index is 9.25. The zero-order valence-corrected chi connectivity index (χ0v) is 20.9. The molecule has 0 atom stereocenters. The van der Waals surface area contributed by atoms with Crippen LogP contribution in [0.5, 0.6) is 0 Å². The fraction of sp³-hybridized carbons (Fsp3) is 0.0526. The van der Waals surface area contributed by atoms with Gasteiger partial charge in [-0.15, -0.1) is 0 Å². The zero-order valence-electron chi connectivity index (χ0n) is 28.9. The first-order valence-corrected chi connectivity index (χ1v) is 13.0. The van der Waals surface area contributed by atoms with Gasteiger partial charge >= 0.3 is 0 Å². The third-order valence-corrected chi connectivity index (χ3v) is 7.61. The summed E-state index contributed by atoms with van der Waals surface area (Å²) >= 11 is 0. The van der Waals surface area contributed by atoms with Gasteiger partial charge in [0.15, 0.2) is 0 Å². The Labute approximate surface area is 238 Å².